The Morgan fingerprint density at radius 2 is 1.41 bits per heavy atom. The van der Waals surface area contributed by atoms with Crippen LogP contribution in [0.15, 0.2) is 0 Å². The monoisotopic (exact) mass is 420 g/mol. The van der Waals surface area contributed by atoms with Crippen molar-refractivity contribution in [3.8, 4) is 0 Å². The molecule has 0 radical (unpaired) electrons. The normalized spacial score (nSPS) is 11.6. The van der Waals surface area contributed by atoms with Crippen LogP contribution in [-0.2, 0) is 19.1 Å². The van der Waals surface area contributed by atoms with E-state index in [-0.39, 0.29) is 11.8 Å². The molecule has 1 aliphatic rings. The Morgan fingerprint density at radius 3 is 1.66 bits per heavy atom. The molecular weight excluding hydrogens is 376 g/mol. The van der Waals surface area contributed by atoms with Crippen molar-refractivity contribution in [1.29, 1.82) is 0 Å². The van der Waals surface area contributed by atoms with Crippen LogP contribution in [0.2, 0.25) is 0 Å². The second kappa shape index (κ2) is 25.9. The highest BCUT2D eigenvalue weighted by Gasteiger charge is 2.35. The molecule has 174 valence electrons. The van der Waals surface area contributed by atoms with Gasteiger partial charge in [-0.3, -0.25) is 4.79 Å². The van der Waals surface area contributed by atoms with Crippen LogP contribution in [0.4, 0.5) is 9.59 Å². The number of ether oxygens (including phenoxy) is 2. The van der Waals surface area contributed by atoms with Gasteiger partial charge in [-0.2, -0.15) is 0 Å². The lowest BCUT2D eigenvalue weighted by molar-refractivity contribution is -0.119. The molecular formula is C21H44N2O6. The van der Waals surface area contributed by atoms with Crippen LogP contribution < -0.4 is 11.1 Å². The number of primary amides is 1. The summed E-state index contributed by atoms with van der Waals surface area (Å²) in [7, 11) is 2.52. The van der Waals surface area contributed by atoms with E-state index >= 15 is 0 Å². The first kappa shape index (κ1) is 34.4. The summed E-state index contributed by atoms with van der Waals surface area (Å²) in [6, 6.07) is -0.336. The summed E-state index contributed by atoms with van der Waals surface area (Å²) in [4.78, 5) is 41.5. The van der Waals surface area contributed by atoms with E-state index in [1.807, 2.05) is 27.7 Å². The zero-order chi connectivity index (χ0) is 23.8. The standard InChI is InChI=1S/C8H13NO3.C7H14O.C2H5NO2.2C2H6/c1-5(10)7(6-3-4-6)9-8(11)12-2;1-3-4-5-6-7(2)8;1-5-2(3)4;2*1-2/h6-7H,3-4H2,1-2H3,(H,9,11);3-6H2,1-2H3;1H3,(H2,3,4);2*1-2H3. The molecule has 1 fully saturated rings. The van der Waals surface area contributed by atoms with E-state index < -0.39 is 12.2 Å². The molecule has 29 heavy (non-hydrogen) atoms. The first-order valence-electron chi connectivity index (χ1n) is 10.4. The maximum atomic E-state index is 11.0. The van der Waals surface area contributed by atoms with Crippen LogP contribution in [0.3, 0.4) is 0 Å². The number of Topliss-reactive ketones (excluding diaryl/α,β-unsaturated/α-hetero) is 2. The number of nitrogens with one attached hydrogen (secondary N) is 1. The van der Waals surface area contributed by atoms with E-state index in [9.17, 15) is 19.2 Å². The number of carbonyl (C=O) groups is 4. The molecule has 1 aliphatic carbocycles. The molecule has 0 spiro atoms. The predicted octanol–water partition coefficient (Wildman–Crippen LogP) is 4.63. The molecule has 1 rings (SSSR count). The molecule has 8 heteroatoms. The molecule has 8 nitrogen and oxygen atoms in total. The quantitative estimate of drug-likeness (QED) is 0.578. The number of rotatable bonds is 7. The predicted molar refractivity (Wildman–Crippen MR) is 117 cm³/mol. The maximum Gasteiger partial charge on any atom is 0.407 e. The van der Waals surface area contributed by atoms with Crippen LogP contribution in [0.25, 0.3) is 0 Å². The van der Waals surface area contributed by atoms with E-state index in [1.165, 1.54) is 34.0 Å². The van der Waals surface area contributed by atoms with E-state index in [0.29, 0.717) is 11.7 Å². The molecule has 1 atom stereocenters. The van der Waals surface area contributed by atoms with E-state index in [0.717, 1.165) is 25.7 Å². The lowest BCUT2D eigenvalue weighted by atomic mass is 10.1. The molecule has 0 aromatic carbocycles. The van der Waals surface area contributed by atoms with Crippen molar-refractivity contribution in [3.05, 3.63) is 0 Å². The first-order valence-corrected chi connectivity index (χ1v) is 10.4. The zero-order valence-electron chi connectivity index (χ0n) is 19.9. The molecule has 1 saturated carbocycles. The Bertz CT molecular complexity index is 423. The van der Waals surface area contributed by atoms with Gasteiger partial charge in [-0.25, -0.2) is 9.59 Å². The third-order valence-electron chi connectivity index (χ3n) is 3.32. The minimum absolute atomic E-state index is 0.00269. The van der Waals surface area contributed by atoms with Crippen molar-refractivity contribution in [2.75, 3.05) is 14.2 Å². The number of methoxy groups -OCH3 is 2. The Balaban J connectivity index is -0.000000160. The largest absolute Gasteiger partial charge is 0.453 e. The van der Waals surface area contributed by atoms with Crippen LogP contribution in [0.5, 0.6) is 0 Å². The molecule has 3 N–H and O–H groups in total. The summed E-state index contributed by atoms with van der Waals surface area (Å²) in [6.07, 6.45) is 5.02. The van der Waals surface area contributed by atoms with Gasteiger partial charge in [-0.15, -0.1) is 0 Å². The molecule has 2 amide bonds. The summed E-state index contributed by atoms with van der Waals surface area (Å²) >= 11 is 0. The fourth-order valence-corrected chi connectivity index (χ4v) is 1.79. The van der Waals surface area contributed by atoms with Crippen molar-refractivity contribution in [2.24, 2.45) is 11.7 Å². The van der Waals surface area contributed by atoms with Gasteiger partial charge >= 0.3 is 12.2 Å². The number of hydrogen-bond donors (Lipinski definition) is 2. The fourth-order valence-electron chi connectivity index (χ4n) is 1.79. The molecule has 0 aromatic heterocycles. The summed E-state index contributed by atoms with van der Waals surface area (Å²) in [6.45, 7) is 13.3. The summed E-state index contributed by atoms with van der Waals surface area (Å²) in [5, 5.41) is 2.52. The summed E-state index contributed by atoms with van der Waals surface area (Å²) in [5.41, 5.74) is 4.43. The van der Waals surface area contributed by atoms with E-state index in [1.54, 1.807) is 6.92 Å². The second-order valence-corrected chi connectivity index (χ2v) is 5.74. The summed E-state index contributed by atoms with van der Waals surface area (Å²) < 4.78 is 8.30. The highest BCUT2D eigenvalue weighted by molar-refractivity contribution is 5.86. The highest BCUT2D eigenvalue weighted by Crippen LogP contribution is 2.32. The Hall–Kier alpha value is -2.12. The van der Waals surface area contributed by atoms with Crippen molar-refractivity contribution in [1.82, 2.24) is 5.32 Å². The Kier molecular flexibility index (Phi) is 30.7. The second-order valence-electron chi connectivity index (χ2n) is 5.74. The first-order chi connectivity index (χ1) is 13.7. The van der Waals surface area contributed by atoms with Crippen LogP contribution in [0.1, 0.15) is 87.0 Å². The molecule has 0 bridgehead atoms. The smallest absolute Gasteiger partial charge is 0.407 e. The van der Waals surface area contributed by atoms with Crippen molar-refractivity contribution in [2.45, 2.75) is 93.0 Å². The van der Waals surface area contributed by atoms with Gasteiger partial charge in [-0.05, 0) is 39.0 Å². The number of carbonyl (C=O) groups excluding carboxylic acids is 4. The minimum Gasteiger partial charge on any atom is -0.453 e. The number of ketones is 2. The third kappa shape index (κ3) is 30.8. The van der Waals surface area contributed by atoms with Crippen LogP contribution in [-0.4, -0.2) is 44.0 Å². The average molecular weight is 421 g/mol. The maximum absolute atomic E-state index is 11.0. The number of alkyl carbamates (subject to hydrolysis) is 1. The van der Waals surface area contributed by atoms with Crippen molar-refractivity contribution >= 4 is 23.8 Å². The minimum atomic E-state index is -0.745. The molecule has 0 heterocycles. The highest BCUT2D eigenvalue weighted by atomic mass is 16.5. The van der Waals surface area contributed by atoms with Crippen molar-refractivity contribution < 1.29 is 28.7 Å². The lowest BCUT2D eigenvalue weighted by Gasteiger charge is -2.13. The van der Waals surface area contributed by atoms with Gasteiger partial charge < -0.3 is 25.3 Å². The van der Waals surface area contributed by atoms with E-state index in [2.05, 4.69) is 27.4 Å². The Morgan fingerprint density at radius 1 is 0.966 bits per heavy atom. The number of unbranched alkanes of at least 4 members (excludes halogenated alkanes) is 2. The van der Waals surface area contributed by atoms with Crippen molar-refractivity contribution in [3.63, 3.8) is 0 Å². The molecule has 0 aliphatic heterocycles. The van der Waals surface area contributed by atoms with Crippen LogP contribution >= 0.6 is 0 Å². The van der Waals surface area contributed by atoms with E-state index in [4.69, 9.17) is 0 Å². The van der Waals surface area contributed by atoms with Gasteiger partial charge in [0.2, 0.25) is 0 Å². The van der Waals surface area contributed by atoms with Gasteiger partial charge in [0.25, 0.3) is 0 Å². The summed E-state index contributed by atoms with van der Waals surface area (Å²) in [5.74, 6) is 0.656. The average Bonchev–Trinajstić information content (AvgIpc) is 3.54. The Labute approximate surface area is 177 Å². The number of hydrogen-bond acceptors (Lipinski definition) is 6. The van der Waals surface area contributed by atoms with Gasteiger partial charge in [0.05, 0.1) is 20.3 Å². The van der Waals surface area contributed by atoms with Crippen LogP contribution in [0, 0.1) is 5.92 Å². The zero-order valence-corrected chi connectivity index (χ0v) is 19.9. The molecule has 1 unspecified atom stereocenters. The molecule has 0 saturated heterocycles. The van der Waals surface area contributed by atoms with Gasteiger partial charge in [0.15, 0.2) is 5.78 Å². The molecule has 0 aromatic rings. The van der Waals surface area contributed by atoms with Gasteiger partial charge in [-0.1, -0.05) is 47.5 Å². The lowest BCUT2D eigenvalue weighted by Crippen LogP contribution is -2.41. The number of amides is 2. The third-order valence-corrected chi connectivity index (χ3v) is 3.32. The number of nitrogens with two attached hydrogens (primary N) is 1. The fraction of sp³-hybridized carbons (Fsp3) is 0.810. The van der Waals surface area contributed by atoms with Gasteiger partial charge in [0, 0.05) is 6.42 Å². The topological polar surface area (TPSA) is 125 Å². The SMILES string of the molecule is CC.CC.CCCCCC(C)=O.COC(=O)NC(C(C)=O)C1CC1.COC(N)=O. The van der Waals surface area contributed by atoms with Gasteiger partial charge in [0.1, 0.15) is 5.78 Å².